The zero-order chi connectivity index (χ0) is 21.6. The first kappa shape index (κ1) is 22.0. The van der Waals surface area contributed by atoms with Crippen LogP contribution >= 0.6 is 0 Å². The molecule has 0 N–H and O–H groups in total. The SMILES string of the molecule is CCOC(=O)[C@]1(Cc2cccc(OC)c2)CCCN(Cc2cccc(C(C)=O)c2)C1. The second-order valence-electron chi connectivity index (χ2n) is 8.10. The number of hydrogen-bond acceptors (Lipinski definition) is 5. The summed E-state index contributed by atoms with van der Waals surface area (Å²) in [7, 11) is 1.65. The lowest BCUT2D eigenvalue weighted by Crippen LogP contribution is -2.49. The van der Waals surface area contributed by atoms with Gasteiger partial charge in [-0.2, -0.15) is 0 Å². The van der Waals surface area contributed by atoms with Crippen molar-refractivity contribution in [1.82, 2.24) is 4.90 Å². The number of Topliss-reactive ketones (excluding diaryl/α,β-unsaturated/α-hetero) is 1. The normalized spacial score (nSPS) is 19.3. The van der Waals surface area contributed by atoms with Gasteiger partial charge in [0.15, 0.2) is 5.78 Å². The third-order valence-corrected chi connectivity index (χ3v) is 5.78. The Bertz CT molecular complexity index is 894. The first-order valence-corrected chi connectivity index (χ1v) is 10.6. The predicted octanol–water partition coefficient (Wildman–Crippen LogP) is 4.29. The number of benzene rings is 2. The van der Waals surface area contributed by atoms with Gasteiger partial charge in [0.25, 0.3) is 0 Å². The van der Waals surface area contributed by atoms with Crippen molar-refractivity contribution < 1.29 is 19.1 Å². The van der Waals surface area contributed by atoms with Crippen molar-refractivity contribution in [2.24, 2.45) is 5.41 Å². The standard InChI is InChI=1S/C25H31NO4/c1-4-30-24(28)25(16-20-8-6-11-23(15-20)29-3)12-7-13-26(18-25)17-21-9-5-10-22(14-21)19(2)27/h5-6,8-11,14-15H,4,7,12-13,16-18H2,1-3H3/t25-/m0/s1. The van der Waals surface area contributed by atoms with Crippen LogP contribution in [0.25, 0.3) is 0 Å². The van der Waals surface area contributed by atoms with E-state index < -0.39 is 5.41 Å². The van der Waals surface area contributed by atoms with Gasteiger partial charge in [-0.05, 0) is 69.0 Å². The van der Waals surface area contributed by atoms with Gasteiger partial charge >= 0.3 is 5.97 Å². The van der Waals surface area contributed by atoms with Crippen molar-refractivity contribution in [3.05, 3.63) is 65.2 Å². The molecule has 1 atom stereocenters. The van der Waals surface area contributed by atoms with Crippen LogP contribution in [0, 0.1) is 5.41 Å². The molecular formula is C25H31NO4. The lowest BCUT2D eigenvalue weighted by Gasteiger charge is -2.41. The predicted molar refractivity (Wildman–Crippen MR) is 117 cm³/mol. The number of rotatable bonds is 8. The van der Waals surface area contributed by atoms with Gasteiger partial charge in [-0.25, -0.2) is 0 Å². The molecule has 1 aliphatic rings. The van der Waals surface area contributed by atoms with E-state index in [2.05, 4.69) is 4.90 Å². The van der Waals surface area contributed by atoms with Crippen LogP contribution in [-0.4, -0.2) is 43.5 Å². The average molecular weight is 410 g/mol. The summed E-state index contributed by atoms with van der Waals surface area (Å²) in [5.41, 5.74) is 2.29. The molecule has 1 fully saturated rings. The first-order chi connectivity index (χ1) is 14.5. The maximum Gasteiger partial charge on any atom is 0.313 e. The van der Waals surface area contributed by atoms with Crippen LogP contribution in [0.5, 0.6) is 5.75 Å². The van der Waals surface area contributed by atoms with Gasteiger partial charge in [-0.3, -0.25) is 14.5 Å². The summed E-state index contributed by atoms with van der Waals surface area (Å²) < 4.78 is 10.9. The molecule has 0 unspecified atom stereocenters. The molecule has 0 amide bonds. The monoisotopic (exact) mass is 409 g/mol. The molecule has 0 saturated carbocycles. The summed E-state index contributed by atoms with van der Waals surface area (Å²) >= 11 is 0. The van der Waals surface area contributed by atoms with Gasteiger partial charge < -0.3 is 9.47 Å². The Kier molecular flexibility index (Phi) is 7.27. The fourth-order valence-electron chi connectivity index (χ4n) is 4.35. The molecule has 160 valence electrons. The van der Waals surface area contributed by atoms with E-state index in [0.29, 0.717) is 26.1 Å². The molecule has 5 heteroatoms. The highest BCUT2D eigenvalue weighted by Crippen LogP contribution is 2.36. The van der Waals surface area contributed by atoms with E-state index >= 15 is 0 Å². The molecule has 3 rings (SSSR count). The highest BCUT2D eigenvalue weighted by atomic mass is 16.5. The molecule has 0 spiro atoms. The second kappa shape index (κ2) is 9.90. The molecule has 1 saturated heterocycles. The van der Waals surface area contributed by atoms with Crippen molar-refractivity contribution in [3.8, 4) is 5.75 Å². The topological polar surface area (TPSA) is 55.8 Å². The Balaban J connectivity index is 1.82. The molecule has 1 aliphatic heterocycles. The third kappa shape index (κ3) is 5.28. The van der Waals surface area contributed by atoms with Gasteiger partial charge in [0.1, 0.15) is 5.75 Å². The van der Waals surface area contributed by atoms with Crippen LogP contribution in [0.2, 0.25) is 0 Å². The number of esters is 1. The molecule has 0 bridgehead atoms. The molecular weight excluding hydrogens is 378 g/mol. The largest absolute Gasteiger partial charge is 0.497 e. The highest BCUT2D eigenvalue weighted by Gasteiger charge is 2.43. The number of likely N-dealkylation sites (tertiary alicyclic amines) is 1. The fraction of sp³-hybridized carbons (Fsp3) is 0.440. The smallest absolute Gasteiger partial charge is 0.313 e. The number of carbonyl (C=O) groups excluding carboxylic acids is 2. The summed E-state index contributed by atoms with van der Waals surface area (Å²) in [4.78, 5) is 27.1. The summed E-state index contributed by atoms with van der Waals surface area (Å²) in [5.74, 6) is 0.726. The maximum atomic E-state index is 13.1. The quantitative estimate of drug-likeness (QED) is 0.481. The number of nitrogens with zero attached hydrogens (tertiary/aromatic N) is 1. The molecule has 2 aromatic rings. The van der Waals surface area contributed by atoms with Crippen molar-refractivity contribution in [2.45, 2.75) is 39.7 Å². The van der Waals surface area contributed by atoms with E-state index in [-0.39, 0.29) is 11.8 Å². The van der Waals surface area contributed by atoms with E-state index in [9.17, 15) is 9.59 Å². The Hall–Kier alpha value is -2.66. The molecule has 30 heavy (non-hydrogen) atoms. The van der Waals surface area contributed by atoms with Crippen LogP contribution in [0.3, 0.4) is 0 Å². The number of ether oxygens (including phenoxy) is 2. The number of methoxy groups -OCH3 is 1. The van der Waals surface area contributed by atoms with Gasteiger partial charge in [0.05, 0.1) is 19.1 Å². The summed E-state index contributed by atoms with van der Waals surface area (Å²) in [6.07, 6.45) is 2.34. The molecule has 0 aliphatic carbocycles. The molecule has 2 aromatic carbocycles. The Morgan fingerprint density at radius 1 is 1.10 bits per heavy atom. The van der Waals surface area contributed by atoms with Crippen LogP contribution < -0.4 is 4.74 Å². The van der Waals surface area contributed by atoms with Crippen molar-refractivity contribution in [1.29, 1.82) is 0 Å². The van der Waals surface area contributed by atoms with E-state index in [1.807, 2.05) is 55.5 Å². The summed E-state index contributed by atoms with van der Waals surface area (Å²) in [6.45, 7) is 6.07. The Labute approximate surface area is 179 Å². The van der Waals surface area contributed by atoms with Crippen molar-refractivity contribution in [2.75, 3.05) is 26.8 Å². The fourth-order valence-corrected chi connectivity index (χ4v) is 4.35. The van der Waals surface area contributed by atoms with E-state index in [1.165, 1.54) is 0 Å². The van der Waals surface area contributed by atoms with Gasteiger partial charge in [-0.15, -0.1) is 0 Å². The minimum atomic E-state index is -0.585. The number of ketones is 1. The van der Waals surface area contributed by atoms with Crippen LogP contribution in [0.15, 0.2) is 48.5 Å². The zero-order valence-electron chi connectivity index (χ0n) is 18.1. The maximum absolute atomic E-state index is 13.1. The molecule has 0 aromatic heterocycles. The Morgan fingerprint density at radius 3 is 2.60 bits per heavy atom. The lowest BCUT2D eigenvalue weighted by atomic mass is 9.75. The average Bonchev–Trinajstić information content (AvgIpc) is 2.74. The van der Waals surface area contributed by atoms with E-state index in [4.69, 9.17) is 9.47 Å². The van der Waals surface area contributed by atoms with Crippen molar-refractivity contribution >= 4 is 11.8 Å². The minimum absolute atomic E-state index is 0.0642. The van der Waals surface area contributed by atoms with Gasteiger partial charge in [0, 0.05) is 18.7 Å². The Morgan fingerprint density at radius 2 is 1.87 bits per heavy atom. The third-order valence-electron chi connectivity index (χ3n) is 5.78. The molecule has 5 nitrogen and oxygen atoms in total. The minimum Gasteiger partial charge on any atom is -0.497 e. The number of hydrogen-bond donors (Lipinski definition) is 0. The molecule has 1 heterocycles. The van der Waals surface area contributed by atoms with Gasteiger partial charge in [0.2, 0.25) is 0 Å². The number of piperidine rings is 1. The molecule has 0 radical (unpaired) electrons. The second-order valence-corrected chi connectivity index (χ2v) is 8.10. The zero-order valence-corrected chi connectivity index (χ0v) is 18.1. The lowest BCUT2D eigenvalue weighted by molar-refractivity contribution is -0.159. The van der Waals surface area contributed by atoms with Gasteiger partial charge in [-0.1, -0.05) is 30.3 Å². The summed E-state index contributed by atoms with van der Waals surface area (Å²) in [5, 5.41) is 0. The van der Waals surface area contributed by atoms with Crippen molar-refractivity contribution in [3.63, 3.8) is 0 Å². The van der Waals surface area contributed by atoms with E-state index in [0.717, 1.165) is 41.8 Å². The van der Waals surface area contributed by atoms with Crippen LogP contribution in [0.4, 0.5) is 0 Å². The highest BCUT2D eigenvalue weighted by molar-refractivity contribution is 5.94. The van der Waals surface area contributed by atoms with E-state index in [1.54, 1.807) is 14.0 Å². The summed E-state index contributed by atoms with van der Waals surface area (Å²) in [6, 6.07) is 15.7. The van der Waals surface area contributed by atoms with Crippen LogP contribution in [-0.2, 0) is 22.5 Å². The number of carbonyl (C=O) groups is 2. The van der Waals surface area contributed by atoms with Crippen LogP contribution in [0.1, 0.15) is 48.2 Å². The first-order valence-electron chi connectivity index (χ1n) is 10.6.